The number of nitrogens with zero attached hydrogens (tertiary/aromatic N) is 2. The maximum absolute atomic E-state index is 13.4. The van der Waals surface area contributed by atoms with Crippen LogP contribution < -0.4 is 15.5 Å². The van der Waals surface area contributed by atoms with E-state index in [-0.39, 0.29) is 23.7 Å². The second kappa shape index (κ2) is 11.2. The largest absolute Gasteiger partial charge is 0.497 e. The normalized spacial score (nSPS) is 14.9. The number of aryl methyl sites for hydroxylation is 1. The lowest BCUT2D eigenvalue weighted by Gasteiger charge is -2.23. The van der Waals surface area contributed by atoms with E-state index in [1.807, 2.05) is 55.5 Å². The third-order valence-electron chi connectivity index (χ3n) is 6.40. The van der Waals surface area contributed by atoms with Gasteiger partial charge in [-0.1, -0.05) is 42.0 Å². The van der Waals surface area contributed by atoms with Crippen LogP contribution >= 0.6 is 0 Å². The van der Waals surface area contributed by atoms with Crippen molar-refractivity contribution in [1.82, 2.24) is 14.8 Å². The summed E-state index contributed by atoms with van der Waals surface area (Å²) in [6.07, 6.45) is 3.73. The van der Waals surface area contributed by atoms with Gasteiger partial charge < -0.3 is 24.3 Å². The topological polar surface area (TPSA) is 89.9 Å². The van der Waals surface area contributed by atoms with Gasteiger partial charge in [0.15, 0.2) is 0 Å². The number of carbonyl (C=O) groups is 2. The van der Waals surface area contributed by atoms with Crippen molar-refractivity contribution >= 4 is 11.8 Å². The van der Waals surface area contributed by atoms with Crippen molar-refractivity contribution in [3.05, 3.63) is 99.0 Å². The zero-order valence-electron chi connectivity index (χ0n) is 20.8. The Bertz CT molecular complexity index is 1290. The van der Waals surface area contributed by atoms with Crippen molar-refractivity contribution in [3.63, 3.8) is 0 Å². The lowest BCUT2D eigenvalue weighted by Crippen LogP contribution is -2.41. The van der Waals surface area contributed by atoms with Gasteiger partial charge in [0, 0.05) is 39.1 Å². The second-order valence-electron chi connectivity index (χ2n) is 9.04. The van der Waals surface area contributed by atoms with E-state index in [0.29, 0.717) is 31.9 Å². The highest BCUT2D eigenvalue weighted by Gasteiger charge is 2.28. The lowest BCUT2D eigenvalue weighted by molar-refractivity contribution is 0.0709. The fourth-order valence-corrected chi connectivity index (χ4v) is 4.19. The molecule has 0 saturated carbocycles. The summed E-state index contributed by atoms with van der Waals surface area (Å²) in [6, 6.07) is 15.2. The van der Waals surface area contributed by atoms with Crippen molar-refractivity contribution in [1.29, 1.82) is 0 Å². The average molecular weight is 490 g/mol. The number of ether oxygens (including phenoxy) is 2. The number of nitrogens with one attached hydrogen (secondary N) is 1. The number of carbonyl (C=O) groups excluding carboxylic acids is 2. The molecule has 2 aromatic carbocycles. The van der Waals surface area contributed by atoms with Crippen LogP contribution in [0.3, 0.4) is 0 Å². The van der Waals surface area contributed by atoms with Crippen LogP contribution in [0, 0.1) is 6.92 Å². The average Bonchev–Trinajstić information content (AvgIpc) is 3.43. The molecule has 4 rings (SSSR count). The first-order valence-electron chi connectivity index (χ1n) is 11.9. The number of aromatic nitrogens is 1. The molecule has 0 aliphatic carbocycles. The minimum atomic E-state index is -0.589. The van der Waals surface area contributed by atoms with Crippen molar-refractivity contribution in [2.24, 2.45) is 0 Å². The van der Waals surface area contributed by atoms with Crippen LogP contribution in [-0.2, 0) is 17.8 Å². The van der Waals surface area contributed by atoms with Gasteiger partial charge in [0.05, 0.1) is 19.8 Å². The first-order chi connectivity index (χ1) is 17.4. The quantitative estimate of drug-likeness (QED) is 0.526. The van der Waals surface area contributed by atoms with E-state index < -0.39 is 17.2 Å². The predicted molar refractivity (Wildman–Crippen MR) is 136 cm³/mol. The summed E-state index contributed by atoms with van der Waals surface area (Å²) < 4.78 is 12.4. The minimum Gasteiger partial charge on any atom is -0.497 e. The molecule has 1 fully saturated rings. The molecule has 1 N–H and O–H groups in total. The Hall–Kier alpha value is -3.91. The first-order valence-corrected chi connectivity index (χ1v) is 11.9. The van der Waals surface area contributed by atoms with Crippen molar-refractivity contribution in [2.75, 3.05) is 27.4 Å². The van der Waals surface area contributed by atoms with Crippen LogP contribution in [0.15, 0.2) is 65.7 Å². The number of amides is 2. The van der Waals surface area contributed by atoms with E-state index in [1.54, 1.807) is 18.7 Å². The van der Waals surface area contributed by atoms with Crippen molar-refractivity contribution in [2.45, 2.75) is 32.5 Å². The summed E-state index contributed by atoms with van der Waals surface area (Å²) in [7, 11) is 3.26. The molecule has 36 heavy (non-hydrogen) atoms. The number of benzene rings is 2. The molecular formula is C28H31N3O5. The van der Waals surface area contributed by atoms with Gasteiger partial charge in [0.25, 0.3) is 11.8 Å². The van der Waals surface area contributed by atoms with Gasteiger partial charge in [-0.05, 0) is 36.6 Å². The third-order valence-corrected chi connectivity index (χ3v) is 6.40. The highest BCUT2D eigenvalue weighted by atomic mass is 16.5. The Balaban J connectivity index is 1.66. The van der Waals surface area contributed by atoms with E-state index >= 15 is 0 Å². The number of methoxy groups -OCH3 is 1. The zero-order valence-corrected chi connectivity index (χ0v) is 20.8. The SMILES string of the molecule is COc1cccc(Cn2cc(C(=O)NCc3ccc(C)cc3)c(=O)c(C(=O)N(C)C3CCOC3)c2)c1. The molecule has 1 saturated heterocycles. The summed E-state index contributed by atoms with van der Waals surface area (Å²) in [5.41, 5.74) is 2.23. The van der Waals surface area contributed by atoms with E-state index in [2.05, 4.69) is 5.32 Å². The van der Waals surface area contributed by atoms with E-state index in [4.69, 9.17) is 9.47 Å². The molecule has 2 amide bonds. The maximum Gasteiger partial charge on any atom is 0.259 e. The monoisotopic (exact) mass is 489 g/mol. The lowest BCUT2D eigenvalue weighted by atomic mass is 10.1. The smallest absolute Gasteiger partial charge is 0.259 e. The summed E-state index contributed by atoms with van der Waals surface area (Å²) >= 11 is 0. The van der Waals surface area contributed by atoms with Gasteiger partial charge in [-0.2, -0.15) is 0 Å². The second-order valence-corrected chi connectivity index (χ2v) is 9.04. The van der Waals surface area contributed by atoms with Crippen LogP contribution in [0.1, 0.15) is 43.8 Å². The number of pyridine rings is 1. The van der Waals surface area contributed by atoms with E-state index in [1.165, 1.54) is 17.3 Å². The van der Waals surface area contributed by atoms with Gasteiger partial charge >= 0.3 is 0 Å². The predicted octanol–water partition coefficient (Wildman–Crippen LogP) is 3.00. The molecule has 188 valence electrons. The zero-order chi connectivity index (χ0) is 25.7. The standard InChI is InChI=1S/C28H31N3O5/c1-19-7-9-20(10-8-19)14-29-27(33)24-16-31(15-21-5-4-6-23(13-21)35-3)17-25(26(24)32)28(34)30(2)22-11-12-36-18-22/h4-10,13,16-17,22H,11-12,14-15,18H2,1-3H3,(H,29,33). The van der Waals surface area contributed by atoms with Crippen LogP contribution in [0.5, 0.6) is 5.75 Å². The summed E-state index contributed by atoms with van der Waals surface area (Å²) in [4.78, 5) is 41.4. The number of likely N-dealkylation sites (N-methyl/N-ethyl adjacent to an activating group) is 1. The van der Waals surface area contributed by atoms with Crippen LogP contribution in [0.2, 0.25) is 0 Å². The highest BCUT2D eigenvalue weighted by molar-refractivity contribution is 5.99. The number of hydrogen-bond donors (Lipinski definition) is 1. The molecule has 0 spiro atoms. The Morgan fingerprint density at radius 1 is 1.11 bits per heavy atom. The van der Waals surface area contributed by atoms with Gasteiger partial charge in [-0.25, -0.2) is 0 Å². The maximum atomic E-state index is 13.4. The minimum absolute atomic E-state index is 0.0460. The first kappa shape index (κ1) is 25.2. The Kier molecular flexibility index (Phi) is 7.85. The van der Waals surface area contributed by atoms with Crippen LogP contribution in [0.25, 0.3) is 0 Å². The fraction of sp³-hybridized carbons (Fsp3) is 0.321. The van der Waals surface area contributed by atoms with Crippen molar-refractivity contribution in [3.8, 4) is 5.75 Å². The molecule has 8 nitrogen and oxygen atoms in total. The van der Waals surface area contributed by atoms with Gasteiger partial charge in [0.1, 0.15) is 16.9 Å². The molecule has 0 bridgehead atoms. The molecule has 1 unspecified atom stereocenters. The van der Waals surface area contributed by atoms with E-state index in [9.17, 15) is 14.4 Å². The molecule has 8 heteroatoms. The van der Waals surface area contributed by atoms with Crippen molar-refractivity contribution < 1.29 is 19.1 Å². The summed E-state index contributed by atoms with van der Waals surface area (Å²) in [6.45, 7) is 3.61. The fourth-order valence-electron chi connectivity index (χ4n) is 4.19. The molecule has 2 heterocycles. The summed E-state index contributed by atoms with van der Waals surface area (Å²) in [5.74, 6) is -0.258. The number of hydrogen-bond acceptors (Lipinski definition) is 5. The third kappa shape index (κ3) is 5.83. The van der Waals surface area contributed by atoms with Crippen LogP contribution in [-0.4, -0.2) is 54.7 Å². The Morgan fingerprint density at radius 2 is 1.86 bits per heavy atom. The molecule has 1 aliphatic heterocycles. The molecule has 0 radical (unpaired) electrons. The van der Waals surface area contributed by atoms with Gasteiger partial charge in [-0.3, -0.25) is 14.4 Å². The van der Waals surface area contributed by atoms with Crippen LogP contribution in [0.4, 0.5) is 0 Å². The Morgan fingerprint density at radius 3 is 2.56 bits per heavy atom. The molecule has 3 aromatic rings. The molecule has 1 aliphatic rings. The molecular weight excluding hydrogens is 458 g/mol. The number of rotatable bonds is 8. The van der Waals surface area contributed by atoms with Gasteiger partial charge in [-0.15, -0.1) is 0 Å². The summed E-state index contributed by atoms with van der Waals surface area (Å²) in [5, 5.41) is 2.82. The van der Waals surface area contributed by atoms with Gasteiger partial charge in [0.2, 0.25) is 5.43 Å². The van der Waals surface area contributed by atoms with E-state index in [0.717, 1.165) is 16.7 Å². The molecule has 1 atom stereocenters. The molecule has 1 aromatic heterocycles. The highest BCUT2D eigenvalue weighted by Crippen LogP contribution is 2.16. The Labute approximate surface area is 210 Å².